The van der Waals surface area contributed by atoms with Gasteiger partial charge in [-0.2, -0.15) is 0 Å². The molecule has 27 heavy (non-hydrogen) atoms. The Kier molecular flexibility index (Phi) is 4.48. The van der Waals surface area contributed by atoms with Gasteiger partial charge in [-0.1, -0.05) is 74.5 Å². The van der Waals surface area contributed by atoms with Gasteiger partial charge in [0.05, 0.1) is 0 Å². The molecule has 0 heterocycles. The smallest absolute Gasteiger partial charge is 0.227 e. The molecule has 1 amide bonds. The lowest BCUT2D eigenvalue weighted by Gasteiger charge is -2.23. The molecule has 1 aliphatic carbocycles. The fourth-order valence-electron chi connectivity index (χ4n) is 4.27. The number of rotatable bonds is 5. The molecule has 0 saturated heterocycles. The lowest BCUT2D eigenvalue weighted by atomic mass is 9.87. The van der Waals surface area contributed by atoms with Crippen molar-refractivity contribution in [3.63, 3.8) is 0 Å². The molecule has 3 nitrogen and oxygen atoms in total. The summed E-state index contributed by atoms with van der Waals surface area (Å²) in [5, 5.41) is 5.40. The van der Waals surface area contributed by atoms with Gasteiger partial charge in [0, 0.05) is 17.6 Å². The maximum Gasteiger partial charge on any atom is 0.227 e. The molecule has 0 aliphatic heterocycles. The van der Waals surface area contributed by atoms with E-state index in [0.717, 1.165) is 23.1 Å². The average molecular weight is 358 g/mol. The lowest BCUT2D eigenvalue weighted by Crippen LogP contribution is -2.28. The van der Waals surface area contributed by atoms with Crippen LogP contribution in [0.15, 0.2) is 72.8 Å². The summed E-state index contributed by atoms with van der Waals surface area (Å²) in [5.41, 5.74) is 8.51. The van der Waals surface area contributed by atoms with Gasteiger partial charge in [0.15, 0.2) is 0 Å². The maximum atomic E-state index is 12.8. The van der Waals surface area contributed by atoms with Crippen LogP contribution < -0.4 is 11.1 Å². The third-order valence-electron chi connectivity index (χ3n) is 6.25. The molecular weight excluding hydrogens is 332 g/mol. The highest BCUT2D eigenvalue weighted by Crippen LogP contribution is 2.62. The summed E-state index contributed by atoms with van der Waals surface area (Å²) in [6, 6.07) is 24.4. The van der Waals surface area contributed by atoms with Crippen molar-refractivity contribution in [3.8, 4) is 0 Å². The summed E-state index contributed by atoms with van der Waals surface area (Å²) in [5.74, 6) is 0.295. The Bertz CT molecular complexity index is 968. The molecule has 0 aromatic heterocycles. The van der Waals surface area contributed by atoms with E-state index in [4.69, 9.17) is 5.73 Å². The fraction of sp³-hybridized carbons (Fsp3) is 0.292. The van der Waals surface area contributed by atoms with Crippen molar-refractivity contribution in [2.24, 2.45) is 23.0 Å². The maximum absolute atomic E-state index is 12.8. The van der Waals surface area contributed by atoms with Gasteiger partial charge in [-0.05, 0) is 46.2 Å². The molecule has 1 aliphatic rings. The number of hydrogen-bond acceptors (Lipinski definition) is 2. The highest BCUT2D eigenvalue weighted by atomic mass is 16.1. The number of nitrogens with two attached hydrogens (primary N) is 1. The number of hydrogen-bond donors (Lipinski definition) is 2. The van der Waals surface area contributed by atoms with Crippen molar-refractivity contribution in [3.05, 3.63) is 78.4 Å². The number of amides is 1. The highest BCUT2D eigenvalue weighted by molar-refractivity contribution is 5.95. The highest BCUT2D eigenvalue weighted by Gasteiger charge is 2.57. The Hall–Kier alpha value is -2.65. The van der Waals surface area contributed by atoms with E-state index < -0.39 is 0 Å². The quantitative estimate of drug-likeness (QED) is 0.663. The predicted molar refractivity (Wildman–Crippen MR) is 111 cm³/mol. The van der Waals surface area contributed by atoms with E-state index in [9.17, 15) is 4.79 Å². The van der Waals surface area contributed by atoms with Crippen molar-refractivity contribution in [2.45, 2.75) is 26.3 Å². The van der Waals surface area contributed by atoms with E-state index in [1.807, 2.05) is 55.5 Å². The van der Waals surface area contributed by atoms with Crippen LogP contribution >= 0.6 is 0 Å². The first kappa shape index (κ1) is 17.7. The van der Waals surface area contributed by atoms with Gasteiger partial charge in [0.25, 0.3) is 0 Å². The lowest BCUT2D eigenvalue weighted by molar-refractivity contribution is -0.120. The largest absolute Gasteiger partial charge is 0.326 e. The molecule has 1 saturated carbocycles. The molecule has 3 aromatic rings. The van der Waals surface area contributed by atoms with Gasteiger partial charge in [0.2, 0.25) is 5.91 Å². The zero-order chi connectivity index (χ0) is 19.0. The van der Waals surface area contributed by atoms with Crippen molar-refractivity contribution in [1.82, 2.24) is 0 Å². The van der Waals surface area contributed by atoms with Crippen LogP contribution in [-0.2, 0) is 4.79 Å². The average Bonchev–Trinajstić information content (AvgIpc) is 3.40. The Morgan fingerprint density at radius 2 is 1.70 bits per heavy atom. The van der Waals surface area contributed by atoms with Crippen molar-refractivity contribution < 1.29 is 4.79 Å². The molecule has 0 spiro atoms. The molecule has 0 unspecified atom stereocenters. The van der Waals surface area contributed by atoms with Gasteiger partial charge >= 0.3 is 0 Å². The molecule has 4 atom stereocenters. The number of anilines is 1. The van der Waals surface area contributed by atoms with Crippen LogP contribution in [0.5, 0.6) is 0 Å². The molecular formula is C24H26N2O. The Labute approximate surface area is 160 Å². The number of nitrogens with one attached hydrogen (secondary N) is 1. The third-order valence-corrected chi connectivity index (χ3v) is 6.25. The third kappa shape index (κ3) is 3.35. The van der Waals surface area contributed by atoms with E-state index in [1.165, 1.54) is 5.39 Å². The standard InChI is InChI=1S/C24H26N2O/c1-16(21-15-24(21,2)22(25)18-9-4-3-5-10-18)23(27)26-20-13-12-17-8-6-7-11-19(17)14-20/h3-14,16,21-22H,15,25H2,1-2H3,(H,26,27)/t16-,21-,22-,24+/m1/s1. The summed E-state index contributed by atoms with van der Waals surface area (Å²) in [4.78, 5) is 12.8. The summed E-state index contributed by atoms with van der Waals surface area (Å²) >= 11 is 0. The van der Waals surface area contributed by atoms with Crippen LogP contribution in [0.25, 0.3) is 10.8 Å². The van der Waals surface area contributed by atoms with E-state index in [-0.39, 0.29) is 23.3 Å². The Morgan fingerprint density at radius 3 is 2.44 bits per heavy atom. The second-order valence-electron chi connectivity index (χ2n) is 8.04. The number of carbonyl (C=O) groups is 1. The van der Waals surface area contributed by atoms with Crippen LogP contribution in [-0.4, -0.2) is 5.91 Å². The number of fused-ring (bicyclic) bond motifs is 1. The second kappa shape index (κ2) is 6.82. The first-order valence-electron chi connectivity index (χ1n) is 9.59. The monoisotopic (exact) mass is 358 g/mol. The molecule has 3 N–H and O–H groups in total. The number of carbonyl (C=O) groups excluding carboxylic acids is 1. The van der Waals surface area contributed by atoms with Crippen LogP contribution in [0.2, 0.25) is 0 Å². The van der Waals surface area contributed by atoms with Gasteiger partial charge in [-0.15, -0.1) is 0 Å². The minimum Gasteiger partial charge on any atom is -0.326 e. The SMILES string of the molecule is C[C@@H](C(=O)Nc1ccc2ccccc2c1)[C@H]1C[C@]1(C)[C@H](N)c1ccccc1. The first-order valence-corrected chi connectivity index (χ1v) is 9.59. The topological polar surface area (TPSA) is 55.1 Å². The zero-order valence-corrected chi connectivity index (χ0v) is 15.9. The molecule has 3 heteroatoms. The summed E-state index contributed by atoms with van der Waals surface area (Å²) in [7, 11) is 0. The molecule has 1 fully saturated rings. The van der Waals surface area contributed by atoms with E-state index in [1.54, 1.807) is 0 Å². The summed E-state index contributed by atoms with van der Waals surface area (Å²) < 4.78 is 0. The fourth-order valence-corrected chi connectivity index (χ4v) is 4.27. The van der Waals surface area contributed by atoms with E-state index >= 15 is 0 Å². The van der Waals surface area contributed by atoms with Crippen LogP contribution in [0.3, 0.4) is 0 Å². The van der Waals surface area contributed by atoms with Gasteiger partial charge in [0.1, 0.15) is 0 Å². The first-order chi connectivity index (χ1) is 13.0. The molecule has 0 radical (unpaired) electrons. The second-order valence-corrected chi connectivity index (χ2v) is 8.04. The van der Waals surface area contributed by atoms with E-state index in [0.29, 0.717) is 5.92 Å². The summed E-state index contributed by atoms with van der Waals surface area (Å²) in [6.07, 6.45) is 0.982. The van der Waals surface area contributed by atoms with Crippen molar-refractivity contribution >= 4 is 22.4 Å². The summed E-state index contributed by atoms with van der Waals surface area (Å²) in [6.45, 7) is 4.22. The Morgan fingerprint density at radius 1 is 1.04 bits per heavy atom. The van der Waals surface area contributed by atoms with Crippen LogP contribution in [0.1, 0.15) is 31.9 Å². The Balaban J connectivity index is 1.45. The normalized spacial score (nSPS) is 23.6. The van der Waals surface area contributed by atoms with Crippen molar-refractivity contribution in [1.29, 1.82) is 0 Å². The molecule has 138 valence electrons. The van der Waals surface area contributed by atoms with Gasteiger partial charge < -0.3 is 11.1 Å². The minimum atomic E-state index is -0.0729. The van der Waals surface area contributed by atoms with E-state index in [2.05, 4.69) is 36.5 Å². The van der Waals surface area contributed by atoms with Gasteiger partial charge in [-0.3, -0.25) is 4.79 Å². The number of benzene rings is 3. The predicted octanol–water partition coefficient (Wildman–Crippen LogP) is 5.14. The van der Waals surface area contributed by atoms with Gasteiger partial charge in [-0.25, -0.2) is 0 Å². The van der Waals surface area contributed by atoms with Crippen LogP contribution in [0, 0.1) is 17.3 Å². The van der Waals surface area contributed by atoms with Crippen molar-refractivity contribution in [2.75, 3.05) is 5.32 Å². The van der Waals surface area contributed by atoms with Crippen LogP contribution in [0.4, 0.5) is 5.69 Å². The molecule has 0 bridgehead atoms. The zero-order valence-electron chi connectivity index (χ0n) is 15.9. The molecule has 4 rings (SSSR count). The minimum absolute atomic E-state index is 0.0263. The molecule has 3 aromatic carbocycles.